The molecule has 2 heterocycles. The second kappa shape index (κ2) is 14.3. The van der Waals surface area contributed by atoms with Crippen LogP contribution >= 0.6 is 23.2 Å². The summed E-state index contributed by atoms with van der Waals surface area (Å²) in [4.78, 5) is 28.1. The van der Waals surface area contributed by atoms with E-state index in [4.69, 9.17) is 37.8 Å². The van der Waals surface area contributed by atoms with Gasteiger partial charge in [-0.15, -0.1) is 0 Å². The number of carboxylic acids is 1. The molecule has 240 valence electrons. The number of aromatic nitrogens is 1. The third-order valence-corrected chi connectivity index (χ3v) is 9.02. The number of carbonyl (C=O) groups excluding carboxylic acids is 1. The number of aryl methyl sites for hydroxylation is 1. The van der Waals surface area contributed by atoms with Gasteiger partial charge >= 0.3 is 12.1 Å². The number of hydrogen-bond donors (Lipinski definition) is 3. The van der Waals surface area contributed by atoms with Crippen molar-refractivity contribution in [2.45, 2.75) is 50.4 Å². The molecule has 1 saturated heterocycles. The fourth-order valence-corrected chi connectivity index (χ4v) is 6.54. The van der Waals surface area contributed by atoms with E-state index in [-0.39, 0.29) is 27.5 Å². The molecule has 1 aromatic heterocycles. The average molecular weight is 680 g/mol. The SMILES string of the molecule is Cc1ccc2cccc(OCc3c(Cl)ccc(S(=O)(=O)NC(C)(C)C(=O)N4CCCNCC4)c3Cl)c2n1.O=C(O)C(F)(F)F. The molecule has 0 aliphatic carbocycles. The number of halogens is 5. The molecule has 0 bridgehead atoms. The van der Waals surface area contributed by atoms with Crippen LogP contribution < -0.4 is 14.8 Å². The molecule has 0 unspecified atom stereocenters. The van der Waals surface area contributed by atoms with Crippen LogP contribution in [0.15, 0.2) is 47.4 Å². The second-order valence-corrected chi connectivity index (χ2v) is 12.8. The first kappa shape index (κ1) is 35.3. The largest absolute Gasteiger partial charge is 0.490 e. The number of aliphatic carboxylic acids is 1. The maximum absolute atomic E-state index is 13.4. The highest BCUT2D eigenvalue weighted by molar-refractivity contribution is 7.89. The van der Waals surface area contributed by atoms with Gasteiger partial charge in [-0.2, -0.15) is 17.9 Å². The summed E-state index contributed by atoms with van der Waals surface area (Å²) in [5.41, 5.74) is 0.463. The molecule has 1 aliphatic rings. The molecule has 1 fully saturated rings. The standard InChI is InChI=1S/C26H30Cl2N4O4S.C2HF3O2/c1-17-8-9-18-6-4-7-21(24(18)30-17)36-16-19-20(27)10-11-22(23(19)28)37(34,35)31-26(2,3)25(33)32-14-5-12-29-13-15-32;3-2(4,5)1(6)7/h4,6-11,29,31H,5,12-16H2,1-3H3;(H,6,7). The Morgan fingerprint density at radius 1 is 1.09 bits per heavy atom. The molecule has 0 atom stereocenters. The summed E-state index contributed by atoms with van der Waals surface area (Å²) in [5, 5.41) is 11.5. The predicted octanol–water partition coefficient (Wildman–Crippen LogP) is 4.94. The quantitative estimate of drug-likeness (QED) is 0.320. The van der Waals surface area contributed by atoms with Crippen molar-refractivity contribution >= 4 is 56.0 Å². The van der Waals surface area contributed by atoms with Crippen molar-refractivity contribution in [3.63, 3.8) is 0 Å². The summed E-state index contributed by atoms with van der Waals surface area (Å²) in [6, 6.07) is 12.2. The number of carbonyl (C=O) groups is 2. The van der Waals surface area contributed by atoms with Crippen LogP contribution in [-0.4, -0.2) is 73.2 Å². The van der Waals surface area contributed by atoms with Crippen LogP contribution in [0, 0.1) is 6.92 Å². The molecule has 44 heavy (non-hydrogen) atoms. The van der Waals surface area contributed by atoms with Crippen LogP contribution in [0.25, 0.3) is 10.9 Å². The van der Waals surface area contributed by atoms with Gasteiger partial charge in [0, 0.05) is 41.3 Å². The Labute approximate surface area is 262 Å². The van der Waals surface area contributed by atoms with Gasteiger partial charge in [0.05, 0.1) is 5.02 Å². The van der Waals surface area contributed by atoms with Crippen molar-refractivity contribution in [1.82, 2.24) is 19.9 Å². The molecule has 3 aromatic rings. The van der Waals surface area contributed by atoms with Crippen LogP contribution in [0.3, 0.4) is 0 Å². The number of amides is 1. The number of pyridine rings is 1. The van der Waals surface area contributed by atoms with Crippen LogP contribution in [-0.2, 0) is 26.2 Å². The van der Waals surface area contributed by atoms with Crippen molar-refractivity contribution in [1.29, 1.82) is 0 Å². The highest BCUT2D eigenvalue weighted by Crippen LogP contribution is 2.34. The Morgan fingerprint density at radius 3 is 2.43 bits per heavy atom. The number of sulfonamides is 1. The first-order chi connectivity index (χ1) is 20.4. The van der Waals surface area contributed by atoms with Gasteiger partial charge in [-0.05, 0) is 58.0 Å². The predicted molar refractivity (Wildman–Crippen MR) is 159 cm³/mol. The third kappa shape index (κ3) is 8.94. The van der Waals surface area contributed by atoms with Crippen molar-refractivity contribution in [3.05, 3.63) is 63.8 Å². The molecule has 10 nitrogen and oxygen atoms in total. The summed E-state index contributed by atoms with van der Waals surface area (Å²) < 4.78 is 67.1. The fourth-order valence-electron chi connectivity index (χ4n) is 4.28. The van der Waals surface area contributed by atoms with E-state index in [1.807, 2.05) is 31.2 Å². The number of para-hydroxylation sites is 1. The van der Waals surface area contributed by atoms with E-state index < -0.39 is 27.7 Å². The smallest absolute Gasteiger partial charge is 0.487 e. The van der Waals surface area contributed by atoms with E-state index >= 15 is 0 Å². The molecule has 0 saturated carbocycles. The Morgan fingerprint density at radius 2 is 1.77 bits per heavy atom. The highest BCUT2D eigenvalue weighted by atomic mass is 35.5. The zero-order valence-corrected chi connectivity index (χ0v) is 26.3. The molecule has 0 radical (unpaired) electrons. The molecule has 1 aliphatic heterocycles. The van der Waals surface area contributed by atoms with Crippen molar-refractivity contribution < 1.29 is 41.0 Å². The molecule has 3 N–H and O–H groups in total. The lowest BCUT2D eigenvalue weighted by Crippen LogP contribution is -2.56. The number of alkyl halides is 3. The zero-order chi connectivity index (χ0) is 32.9. The van der Waals surface area contributed by atoms with Crippen LogP contribution in [0.4, 0.5) is 13.2 Å². The number of rotatable bonds is 7. The Hall–Kier alpha value is -3.17. The van der Waals surface area contributed by atoms with Crippen molar-refractivity contribution in [3.8, 4) is 5.75 Å². The molecule has 16 heteroatoms. The monoisotopic (exact) mass is 678 g/mol. The molecule has 0 spiro atoms. The van der Waals surface area contributed by atoms with E-state index in [2.05, 4.69) is 15.0 Å². The van der Waals surface area contributed by atoms with Gasteiger partial charge in [0.15, 0.2) is 0 Å². The maximum atomic E-state index is 13.4. The van der Waals surface area contributed by atoms with E-state index in [0.29, 0.717) is 36.5 Å². The minimum absolute atomic E-state index is 0.0633. The van der Waals surface area contributed by atoms with Gasteiger partial charge < -0.3 is 20.1 Å². The first-order valence-corrected chi connectivity index (χ1v) is 15.5. The van der Waals surface area contributed by atoms with Crippen LogP contribution in [0.5, 0.6) is 5.75 Å². The lowest BCUT2D eigenvalue weighted by Gasteiger charge is -2.31. The number of nitrogens with zero attached hydrogens (tertiary/aromatic N) is 2. The van der Waals surface area contributed by atoms with E-state index in [0.717, 1.165) is 24.0 Å². The topological polar surface area (TPSA) is 138 Å². The fraction of sp³-hybridized carbons (Fsp3) is 0.393. The summed E-state index contributed by atoms with van der Waals surface area (Å²) in [7, 11) is -4.18. The molecule has 1 amide bonds. The zero-order valence-electron chi connectivity index (χ0n) is 24.0. The lowest BCUT2D eigenvalue weighted by molar-refractivity contribution is -0.192. The summed E-state index contributed by atoms with van der Waals surface area (Å²) in [6.45, 7) is 7.46. The number of hydrogen-bond acceptors (Lipinski definition) is 7. The minimum Gasteiger partial charge on any atom is -0.487 e. The number of carboxylic acid groups (broad SMARTS) is 1. The van der Waals surface area contributed by atoms with Gasteiger partial charge in [0.25, 0.3) is 0 Å². The maximum Gasteiger partial charge on any atom is 0.490 e. The highest BCUT2D eigenvalue weighted by Gasteiger charge is 2.39. The normalized spacial score (nSPS) is 14.4. The molecule has 2 aromatic carbocycles. The first-order valence-electron chi connectivity index (χ1n) is 13.2. The Balaban J connectivity index is 0.000000676. The molecule has 4 rings (SSSR count). The van der Waals surface area contributed by atoms with Gasteiger partial charge in [-0.1, -0.05) is 41.4 Å². The van der Waals surface area contributed by atoms with Crippen molar-refractivity contribution in [2.24, 2.45) is 0 Å². The van der Waals surface area contributed by atoms with Crippen LogP contribution in [0.1, 0.15) is 31.5 Å². The number of nitrogens with one attached hydrogen (secondary N) is 2. The molecular weight excluding hydrogens is 648 g/mol. The lowest BCUT2D eigenvalue weighted by atomic mass is 10.1. The minimum atomic E-state index is -5.08. The number of fused-ring (bicyclic) bond motifs is 1. The van der Waals surface area contributed by atoms with Gasteiger partial charge in [-0.3, -0.25) is 4.79 Å². The van der Waals surface area contributed by atoms with Gasteiger partial charge in [0.2, 0.25) is 15.9 Å². The number of ether oxygens (including phenoxy) is 1. The third-order valence-electron chi connectivity index (χ3n) is 6.43. The second-order valence-electron chi connectivity index (χ2n) is 10.3. The van der Waals surface area contributed by atoms with E-state index in [1.54, 1.807) is 24.8 Å². The van der Waals surface area contributed by atoms with E-state index in [9.17, 15) is 26.4 Å². The Bertz CT molecular complexity index is 1630. The number of benzene rings is 2. The average Bonchev–Trinajstić information content (AvgIpc) is 3.21. The summed E-state index contributed by atoms with van der Waals surface area (Å²) in [6.07, 6.45) is -4.28. The summed E-state index contributed by atoms with van der Waals surface area (Å²) in [5.74, 6) is -2.53. The van der Waals surface area contributed by atoms with Crippen LogP contribution in [0.2, 0.25) is 10.0 Å². The van der Waals surface area contributed by atoms with E-state index in [1.165, 1.54) is 12.1 Å². The summed E-state index contributed by atoms with van der Waals surface area (Å²) >= 11 is 13.0. The van der Waals surface area contributed by atoms with Gasteiger partial charge in [0.1, 0.15) is 28.3 Å². The molecular formula is C28H31Cl2F3N4O6S. The van der Waals surface area contributed by atoms with Crippen molar-refractivity contribution in [2.75, 3.05) is 26.2 Å². The van der Waals surface area contributed by atoms with Gasteiger partial charge in [-0.25, -0.2) is 18.2 Å². The Kier molecular flexibility index (Phi) is 11.5.